The molecule has 0 saturated carbocycles. The van der Waals surface area contributed by atoms with Crippen LogP contribution in [0, 0.1) is 0 Å². The van der Waals surface area contributed by atoms with Crippen molar-refractivity contribution in [3.05, 3.63) is 66.2 Å². The Bertz CT molecular complexity index is 1230. The number of amides is 4. The van der Waals surface area contributed by atoms with E-state index >= 15 is 0 Å². The van der Waals surface area contributed by atoms with Gasteiger partial charge in [0.2, 0.25) is 17.7 Å². The van der Waals surface area contributed by atoms with Crippen molar-refractivity contribution in [2.24, 2.45) is 0 Å². The number of ketones is 1. The minimum atomic E-state index is -1.16. The number of Topliss-reactive ketones (excluding diaryl/α,β-unsaturated/α-hetero) is 1. The van der Waals surface area contributed by atoms with E-state index in [0.29, 0.717) is 17.7 Å². The largest absolute Gasteiger partial charge is 0.345 e. The van der Waals surface area contributed by atoms with Crippen LogP contribution in [-0.2, 0) is 28.8 Å². The third kappa shape index (κ3) is 7.20. The van der Waals surface area contributed by atoms with E-state index in [1.165, 1.54) is 24.8 Å². The Hall–Kier alpha value is -4.60. The van der Waals surface area contributed by atoms with Crippen molar-refractivity contribution in [3.8, 4) is 0 Å². The van der Waals surface area contributed by atoms with Gasteiger partial charge in [0.1, 0.15) is 24.7 Å². The quantitative estimate of drug-likeness (QED) is 0.390. The van der Waals surface area contributed by atoms with Crippen molar-refractivity contribution in [1.29, 1.82) is 0 Å². The van der Waals surface area contributed by atoms with Crippen molar-refractivity contribution in [1.82, 2.24) is 10.6 Å². The number of anilines is 2. The minimum absolute atomic E-state index is 0.143. The van der Waals surface area contributed by atoms with Gasteiger partial charge in [-0.15, -0.1) is 0 Å². The number of carbonyl (C=O) groups is 6. The third-order valence-corrected chi connectivity index (χ3v) is 5.64. The lowest BCUT2D eigenvalue weighted by atomic mass is 10.1. The zero-order valence-corrected chi connectivity index (χ0v) is 20.5. The number of nitrogens with one attached hydrogen (secondary N) is 2. The summed E-state index contributed by atoms with van der Waals surface area (Å²) in [6.45, 7) is 2.01. The number of carbonyl (C=O) groups excluding carboxylic acids is 6. The summed E-state index contributed by atoms with van der Waals surface area (Å²) >= 11 is 0. The molecular formula is C27H28N4O6. The van der Waals surface area contributed by atoms with E-state index in [1.807, 2.05) is 30.3 Å². The Morgan fingerprint density at radius 3 is 2.27 bits per heavy atom. The average molecular weight is 505 g/mol. The van der Waals surface area contributed by atoms with E-state index in [9.17, 15) is 28.8 Å². The van der Waals surface area contributed by atoms with Crippen molar-refractivity contribution < 1.29 is 28.8 Å². The molecular weight excluding hydrogens is 476 g/mol. The normalized spacial score (nSPS) is 15.9. The van der Waals surface area contributed by atoms with E-state index in [0.717, 1.165) is 10.5 Å². The molecule has 0 saturated heterocycles. The molecule has 1 heterocycles. The number of rotatable bonds is 9. The van der Waals surface area contributed by atoms with E-state index in [1.54, 1.807) is 30.3 Å². The van der Waals surface area contributed by atoms with Gasteiger partial charge in [-0.3, -0.25) is 28.9 Å². The highest BCUT2D eigenvalue weighted by molar-refractivity contribution is 6.10. The number of para-hydroxylation sites is 2. The number of hydrogen-bond donors (Lipinski definition) is 2. The predicted octanol–water partition coefficient (Wildman–Crippen LogP) is 1.25. The molecule has 0 aliphatic carbocycles. The third-order valence-electron chi connectivity index (χ3n) is 5.64. The van der Waals surface area contributed by atoms with Crippen LogP contribution < -0.4 is 20.4 Å². The molecule has 2 aromatic rings. The molecule has 2 atom stereocenters. The first-order valence-corrected chi connectivity index (χ1v) is 11.7. The van der Waals surface area contributed by atoms with Gasteiger partial charge in [0.05, 0.1) is 24.0 Å². The van der Waals surface area contributed by atoms with Crippen LogP contribution in [0.25, 0.3) is 6.08 Å². The van der Waals surface area contributed by atoms with E-state index < -0.39 is 36.3 Å². The first-order chi connectivity index (χ1) is 17.7. The summed E-state index contributed by atoms with van der Waals surface area (Å²) in [5, 5.41) is 5.08. The molecule has 10 heteroatoms. The standard InChI is InChI=1S/C27H28N4O6/c1-18(33)14-21(17-32)28-26(36)16-31-24-11-7-6-10-23(24)30(19(2)34)15-22(27(31)37)29-25(35)13-12-20-8-4-3-5-9-20/h3-13,17,21-22H,14-16H2,1-2H3,(H,28,36)(H,29,35)/b13-12+/t21-,22-/m0/s1. The van der Waals surface area contributed by atoms with Crippen LogP contribution in [0.2, 0.25) is 0 Å². The van der Waals surface area contributed by atoms with Crippen LogP contribution in [0.5, 0.6) is 0 Å². The molecule has 37 heavy (non-hydrogen) atoms. The molecule has 2 aromatic carbocycles. The Morgan fingerprint density at radius 2 is 1.65 bits per heavy atom. The van der Waals surface area contributed by atoms with E-state index in [4.69, 9.17) is 0 Å². The predicted molar refractivity (Wildman–Crippen MR) is 138 cm³/mol. The lowest BCUT2D eigenvalue weighted by Crippen LogP contribution is -2.54. The summed E-state index contributed by atoms with van der Waals surface area (Å²) in [6.07, 6.45) is 3.15. The fourth-order valence-corrected chi connectivity index (χ4v) is 3.95. The molecule has 4 amide bonds. The van der Waals surface area contributed by atoms with Gasteiger partial charge in [-0.2, -0.15) is 0 Å². The number of fused-ring (bicyclic) bond motifs is 1. The van der Waals surface area contributed by atoms with Gasteiger partial charge in [0, 0.05) is 19.4 Å². The Balaban J connectivity index is 1.88. The highest BCUT2D eigenvalue weighted by Gasteiger charge is 2.36. The molecule has 0 radical (unpaired) electrons. The van der Waals surface area contributed by atoms with Gasteiger partial charge >= 0.3 is 0 Å². The Morgan fingerprint density at radius 1 is 1.00 bits per heavy atom. The maximum atomic E-state index is 13.6. The number of hydrogen-bond acceptors (Lipinski definition) is 6. The summed E-state index contributed by atoms with van der Waals surface area (Å²) in [4.78, 5) is 76.8. The molecule has 0 unspecified atom stereocenters. The summed E-state index contributed by atoms with van der Waals surface area (Å²) in [5.74, 6) is -2.47. The topological polar surface area (TPSA) is 133 Å². The van der Waals surface area contributed by atoms with E-state index in [2.05, 4.69) is 10.6 Å². The molecule has 0 aromatic heterocycles. The lowest BCUT2D eigenvalue weighted by Gasteiger charge is -2.25. The monoisotopic (exact) mass is 504 g/mol. The Labute approximate surface area is 214 Å². The molecule has 192 valence electrons. The minimum Gasteiger partial charge on any atom is -0.345 e. The van der Waals surface area contributed by atoms with Gasteiger partial charge in [-0.25, -0.2) is 0 Å². The Kier molecular flexibility index (Phi) is 9.04. The van der Waals surface area contributed by atoms with Crippen molar-refractivity contribution in [3.63, 3.8) is 0 Å². The average Bonchev–Trinajstić information content (AvgIpc) is 2.98. The fraction of sp³-hybridized carbons (Fsp3) is 0.259. The number of nitrogens with zero attached hydrogens (tertiary/aromatic N) is 2. The number of benzene rings is 2. The van der Waals surface area contributed by atoms with Gasteiger partial charge in [-0.1, -0.05) is 42.5 Å². The molecule has 10 nitrogen and oxygen atoms in total. The molecule has 0 spiro atoms. The second-order valence-electron chi connectivity index (χ2n) is 8.56. The summed E-state index contributed by atoms with van der Waals surface area (Å²) in [5.41, 5.74) is 1.48. The van der Waals surface area contributed by atoms with Gasteiger partial charge in [0.25, 0.3) is 5.91 Å². The van der Waals surface area contributed by atoms with E-state index in [-0.39, 0.29) is 24.7 Å². The smallest absolute Gasteiger partial charge is 0.251 e. The maximum absolute atomic E-state index is 13.6. The summed E-state index contributed by atoms with van der Waals surface area (Å²) in [7, 11) is 0. The maximum Gasteiger partial charge on any atom is 0.251 e. The zero-order chi connectivity index (χ0) is 26.9. The van der Waals surface area contributed by atoms with Gasteiger partial charge in [0.15, 0.2) is 0 Å². The first-order valence-electron chi connectivity index (χ1n) is 11.7. The SMILES string of the molecule is CC(=O)C[C@@H](C=O)NC(=O)CN1C(=O)[C@@H](NC(=O)/C=C/c2ccccc2)CN(C(C)=O)c2ccccc21. The molecule has 0 fully saturated rings. The van der Waals surface area contributed by atoms with Gasteiger partial charge < -0.3 is 20.3 Å². The molecule has 2 N–H and O–H groups in total. The second kappa shape index (κ2) is 12.4. The summed E-state index contributed by atoms with van der Waals surface area (Å²) in [6, 6.07) is 13.5. The van der Waals surface area contributed by atoms with Crippen LogP contribution in [0.3, 0.4) is 0 Å². The number of aldehydes is 1. The fourth-order valence-electron chi connectivity index (χ4n) is 3.95. The van der Waals surface area contributed by atoms with Crippen LogP contribution in [0.15, 0.2) is 60.7 Å². The molecule has 3 rings (SSSR count). The van der Waals surface area contributed by atoms with Crippen LogP contribution >= 0.6 is 0 Å². The summed E-state index contributed by atoms with van der Waals surface area (Å²) < 4.78 is 0. The highest BCUT2D eigenvalue weighted by atomic mass is 16.2. The van der Waals surface area contributed by atoms with Crippen LogP contribution in [0.1, 0.15) is 25.8 Å². The molecule has 1 aliphatic heterocycles. The zero-order valence-electron chi connectivity index (χ0n) is 20.5. The first kappa shape index (κ1) is 27.0. The van der Waals surface area contributed by atoms with Crippen molar-refractivity contribution in [2.75, 3.05) is 22.9 Å². The van der Waals surface area contributed by atoms with Crippen molar-refractivity contribution >= 4 is 53.1 Å². The lowest BCUT2D eigenvalue weighted by molar-refractivity contribution is -0.128. The molecule has 0 bridgehead atoms. The van der Waals surface area contributed by atoms with Crippen LogP contribution in [-0.4, -0.2) is 60.9 Å². The van der Waals surface area contributed by atoms with Crippen LogP contribution in [0.4, 0.5) is 11.4 Å². The molecule has 1 aliphatic rings. The second-order valence-corrected chi connectivity index (χ2v) is 8.56. The van der Waals surface area contributed by atoms with Crippen molar-refractivity contribution in [2.45, 2.75) is 32.4 Å². The van der Waals surface area contributed by atoms with Gasteiger partial charge in [-0.05, 0) is 30.7 Å². The highest BCUT2D eigenvalue weighted by Crippen LogP contribution is 2.32.